The van der Waals surface area contributed by atoms with Crippen molar-refractivity contribution in [1.82, 2.24) is 0 Å². The maximum atomic E-state index is 2.55. The van der Waals surface area contributed by atoms with Gasteiger partial charge in [0.1, 0.15) is 0 Å². The molecule has 3 fully saturated rings. The topological polar surface area (TPSA) is 0 Å². The number of rotatable bonds is 7. The van der Waals surface area contributed by atoms with E-state index in [1.165, 1.54) is 156 Å². The first-order valence-corrected chi connectivity index (χ1v) is 28.0. The molecule has 6 unspecified atom stereocenters. The monoisotopic (exact) mass is 933 g/mol. The molecule has 0 aromatic heterocycles. The van der Waals surface area contributed by atoms with Crippen LogP contribution in [0.15, 0.2) is 158 Å². The molecule has 7 aromatic rings. The fourth-order valence-electron chi connectivity index (χ4n) is 11.9. The zero-order valence-electron chi connectivity index (χ0n) is 45.5. The summed E-state index contributed by atoms with van der Waals surface area (Å²) in [5.41, 5.74) is 11.0. The average molecular weight is 934 g/mol. The van der Waals surface area contributed by atoms with Crippen molar-refractivity contribution in [3.63, 3.8) is 0 Å². The number of benzene rings is 7. The highest BCUT2D eigenvalue weighted by Gasteiger charge is 2.30. The van der Waals surface area contributed by atoms with E-state index in [9.17, 15) is 0 Å². The molecule has 10 rings (SSSR count). The van der Waals surface area contributed by atoms with Crippen LogP contribution in [0.2, 0.25) is 0 Å². The van der Waals surface area contributed by atoms with E-state index in [4.69, 9.17) is 0 Å². The summed E-state index contributed by atoms with van der Waals surface area (Å²) < 4.78 is 0. The molecule has 70 heavy (non-hydrogen) atoms. The summed E-state index contributed by atoms with van der Waals surface area (Å²) in [5.74, 6) is 7.22. The van der Waals surface area contributed by atoms with Gasteiger partial charge in [-0.15, -0.1) is 0 Å². The van der Waals surface area contributed by atoms with Crippen molar-refractivity contribution in [3.8, 4) is 11.1 Å². The summed E-state index contributed by atoms with van der Waals surface area (Å²) in [6.45, 7) is 23.1. The summed E-state index contributed by atoms with van der Waals surface area (Å²) in [6.07, 6.45) is 21.0. The van der Waals surface area contributed by atoms with Gasteiger partial charge in [-0.05, 0) is 141 Å². The fraction of sp³-hybridized carbons (Fsp3) is 0.457. The van der Waals surface area contributed by atoms with Crippen molar-refractivity contribution in [2.24, 2.45) is 35.5 Å². The molecule has 0 bridgehead atoms. The largest absolute Gasteiger partial charge is 0.0623 e. The van der Waals surface area contributed by atoms with E-state index in [0.717, 1.165) is 35.5 Å². The standard InChI is InChI=1S/C22H18.C16H30.C16H18.C8H16.C8H10/c1-15-11-13-17-7-3-5-9-19(17)21(15)22-16(2)12-14-18-8-4-6-10-20(18)22;2*1-13(15-9-5-3-6-10-15)14(2)16-11-7-4-8-12-16;2*1-7-5-3-4-6-8(7)2/h3-14H,1-2H3;13-16H,3-12H2,1-2H3;3-14H,1-2H3;7-8H,3-6H2,1-2H3;3-6H,1-2H3. The molecular weight excluding hydrogens is 841 g/mol. The third-order valence-electron chi connectivity index (χ3n) is 17.5. The SMILES string of the molecule is CC(C1CCCCC1)C(C)C1CCCCC1.CC(c1ccccc1)C(C)c1ccccc1.CC1CCCCC1C.Cc1ccc2ccccc2c1-c1c(C)ccc2ccccc12.Cc1ccccc1C. The molecule has 0 radical (unpaired) electrons. The summed E-state index contributed by atoms with van der Waals surface area (Å²) in [4.78, 5) is 0. The van der Waals surface area contributed by atoms with Gasteiger partial charge in [0.25, 0.3) is 0 Å². The van der Waals surface area contributed by atoms with Crippen molar-refractivity contribution >= 4 is 21.5 Å². The average Bonchev–Trinajstić information content (AvgIpc) is 3.41. The Bertz CT molecular complexity index is 2370. The summed E-state index contributed by atoms with van der Waals surface area (Å²) in [5, 5.41) is 5.27. The number of aryl methyl sites for hydroxylation is 4. The Labute approximate surface area is 428 Å². The lowest BCUT2D eigenvalue weighted by atomic mass is 9.68. The molecule has 0 aliphatic heterocycles. The molecule has 0 saturated heterocycles. The van der Waals surface area contributed by atoms with Crippen LogP contribution in [0.1, 0.15) is 177 Å². The van der Waals surface area contributed by atoms with E-state index in [1.54, 1.807) is 0 Å². The van der Waals surface area contributed by atoms with Crippen LogP contribution in [-0.2, 0) is 0 Å². The highest BCUT2D eigenvalue weighted by molar-refractivity contribution is 6.07. The van der Waals surface area contributed by atoms with Gasteiger partial charge in [0, 0.05) is 0 Å². The molecule has 0 N–H and O–H groups in total. The van der Waals surface area contributed by atoms with Crippen LogP contribution in [0, 0.1) is 63.2 Å². The van der Waals surface area contributed by atoms with E-state index >= 15 is 0 Å². The molecule has 7 aromatic carbocycles. The molecule has 0 spiro atoms. The molecule has 0 heterocycles. The second kappa shape index (κ2) is 28.2. The molecule has 6 atom stereocenters. The highest BCUT2D eigenvalue weighted by Crippen LogP contribution is 2.41. The summed E-state index contributed by atoms with van der Waals surface area (Å²) in [6, 6.07) is 56.0. The maximum Gasteiger partial charge on any atom is -0.00672 e. The van der Waals surface area contributed by atoms with Gasteiger partial charge >= 0.3 is 0 Å². The van der Waals surface area contributed by atoms with Crippen molar-refractivity contribution < 1.29 is 0 Å². The molecule has 3 aliphatic carbocycles. The van der Waals surface area contributed by atoms with Gasteiger partial charge in [0.05, 0.1) is 0 Å². The predicted octanol–water partition coefficient (Wildman–Crippen LogP) is 21.4. The van der Waals surface area contributed by atoms with Gasteiger partial charge in [0.15, 0.2) is 0 Å². The number of fused-ring (bicyclic) bond motifs is 2. The Hall–Kier alpha value is -4.94. The molecule has 3 aliphatic rings. The smallest absolute Gasteiger partial charge is 0.00672 e. The molecule has 0 heteroatoms. The maximum absolute atomic E-state index is 2.55. The normalized spacial score (nSPS) is 19.0. The third kappa shape index (κ3) is 15.5. The molecule has 0 nitrogen and oxygen atoms in total. The van der Waals surface area contributed by atoms with Crippen LogP contribution < -0.4 is 0 Å². The predicted molar refractivity (Wildman–Crippen MR) is 310 cm³/mol. The second-order valence-electron chi connectivity index (χ2n) is 22.2. The minimum Gasteiger partial charge on any atom is -0.0623 e. The second-order valence-corrected chi connectivity index (χ2v) is 22.2. The Morgan fingerprint density at radius 2 is 0.629 bits per heavy atom. The fourth-order valence-corrected chi connectivity index (χ4v) is 11.9. The van der Waals surface area contributed by atoms with Crippen molar-refractivity contribution in [2.75, 3.05) is 0 Å². The van der Waals surface area contributed by atoms with Gasteiger partial charge < -0.3 is 0 Å². The first-order chi connectivity index (χ1) is 33.9. The Morgan fingerprint density at radius 1 is 0.314 bits per heavy atom. The molecule has 0 amide bonds. The van der Waals surface area contributed by atoms with E-state index in [-0.39, 0.29) is 0 Å². The number of hydrogen-bond acceptors (Lipinski definition) is 0. The van der Waals surface area contributed by atoms with E-state index in [2.05, 4.69) is 227 Å². The van der Waals surface area contributed by atoms with Crippen LogP contribution in [-0.4, -0.2) is 0 Å². The van der Waals surface area contributed by atoms with Crippen LogP contribution in [0.25, 0.3) is 32.7 Å². The zero-order chi connectivity index (χ0) is 49.8. The van der Waals surface area contributed by atoms with Crippen LogP contribution >= 0.6 is 0 Å². The van der Waals surface area contributed by atoms with Crippen LogP contribution in [0.4, 0.5) is 0 Å². The quantitative estimate of drug-likeness (QED) is 0.149. The summed E-state index contributed by atoms with van der Waals surface area (Å²) >= 11 is 0. The molecular formula is C70H92. The van der Waals surface area contributed by atoms with Gasteiger partial charge in [-0.1, -0.05) is 289 Å². The lowest BCUT2D eigenvalue weighted by Crippen LogP contribution is -2.27. The lowest BCUT2D eigenvalue weighted by molar-refractivity contribution is 0.133. The lowest BCUT2D eigenvalue weighted by Gasteiger charge is -2.37. The minimum atomic E-state index is 0.559. The minimum absolute atomic E-state index is 0.559. The van der Waals surface area contributed by atoms with E-state index in [0.29, 0.717) is 11.8 Å². The first-order valence-electron chi connectivity index (χ1n) is 28.0. The zero-order valence-corrected chi connectivity index (χ0v) is 45.5. The van der Waals surface area contributed by atoms with Gasteiger partial charge in [-0.2, -0.15) is 0 Å². The highest BCUT2D eigenvalue weighted by atomic mass is 14.4. The van der Waals surface area contributed by atoms with Crippen molar-refractivity contribution in [3.05, 3.63) is 191 Å². The molecule has 3 saturated carbocycles. The number of hydrogen-bond donors (Lipinski definition) is 0. The Morgan fingerprint density at radius 3 is 0.971 bits per heavy atom. The van der Waals surface area contributed by atoms with Gasteiger partial charge in [-0.3, -0.25) is 0 Å². The third-order valence-corrected chi connectivity index (χ3v) is 17.5. The Kier molecular flexibility index (Phi) is 21.9. The van der Waals surface area contributed by atoms with Gasteiger partial charge in [-0.25, -0.2) is 0 Å². The van der Waals surface area contributed by atoms with E-state index < -0.39 is 0 Å². The summed E-state index contributed by atoms with van der Waals surface area (Å²) in [7, 11) is 0. The van der Waals surface area contributed by atoms with Gasteiger partial charge in [0.2, 0.25) is 0 Å². The van der Waals surface area contributed by atoms with Crippen molar-refractivity contribution in [1.29, 1.82) is 0 Å². The van der Waals surface area contributed by atoms with Crippen LogP contribution in [0.3, 0.4) is 0 Å². The Balaban J connectivity index is 0.000000151. The van der Waals surface area contributed by atoms with Crippen molar-refractivity contribution in [2.45, 2.75) is 171 Å². The molecule has 372 valence electrons. The van der Waals surface area contributed by atoms with E-state index in [1.807, 2.05) is 0 Å². The van der Waals surface area contributed by atoms with Crippen LogP contribution in [0.5, 0.6) is 0 Å². The first kappa shape index (κ1) is 54.4.